The van der Waals surface area contributed by atoms with Crippen molar-refractivity contribution in [3.8, 4) is 23.8 Å². The zero-order chi connectivity index (χ0) is 20.5. The average Bonchev–Trinajstić information content (AvgIpc) is 2.94. The van der Waals surface area contributed by atoms with E-state index in [-0.39, 0.29) is 28.6 Å². The van der Waals surface area contributed by atoms with Crippen molar-refractivity contribution >= 4 is 34.8 Å². The molecule has 144 valence electrons. The van der Waals surface area contributed by atoms with Crippen LogP contribution in [0, 0.1) is 12.3 Å². The van der Waals surface area contributed by atoms with E-state index < -0.39 is 17.6 Å². The lowest BCUT2D eigenvalue weighted by atomic mass is 10.0. The zero-order valence-electron chi connectivity index (χ0n) is 14.5. The first-order chi connectivity index (χ1) is 13.2. The minimum Gasteiger partial charge on any atom is -0.493 e. The minimum absolute atomic E-state index is 0.00612. The number of amides is 1. The summed E-state index contributed by atoms with van der Waals surface area (Å²) < 4.78 is 49.2. The van der Waals surface area contributed by atoms with Gasteiger partial charge in [0.2, 0.25) is 0 Å². The smallest absolute Gasteiger partial charge is 0.416 e. The summed E-state index contributed by atoms with van der Waals surface area (Å²) in [6.07, 6.45) is 2.18. The van der Waals surface area contributed by atoms with Crippen LogP contribution in [0.4, 0.5) is 18.9 Å². The number of rotatable bonds is 4. The standard InChI is InChI=1S/C20H13ClF3NO3/c1-3-6-28-18-15(21)8-11(9-17(18)27-2)7-14-13-5-4-12(20(22,23)24)10-16(13)25-19(14)26/h1,4-5,7-10H,6H2,2H3,(H,25,26)/b14-7-. The van der Waals surface area contributed by atoms with E-state index in [4.69, 9.17) is 27.5 Å². The fraction of sp³-hybridized carbons (Fsp3) is 0.150. The van der Waals surface area contributed by atoms with Gasteiger partial charge in [0, 0.05) is 16.8 Å². The van der Waals surface area contributed by atoms with Gasteiger partial charge in [-0.1, -0.05) is 23.6 Å². The number of halogens is 4. The Hall–Kier alpha value is -3.11. The number of benzene rings is 2. The summed E-state index contributed by atoms with van der Waals surface area (Å²) in [5.74, 6) is 2.37. The molecule has 1 N–H and O–H groups in total. The van der Waals surface area contributed by atoms with Gasteiger partial charge in [-0.25, -0.2) is 0 Å². The van der Waals surface area contributed by atoms with Crippen molar-refractivity contribution in [2.45, 2.75) is 6.18 Å². The quantitative estimate of drug-likeness (QED) is 0.581. The molecule has 3 rings (SSSR count). The van der Waals surface area contributed by atoms with E-state index in [9.17, 15) is 18.0 Å². The van der Waals surface area contributed by atoms with Crippen LogP contribution in [0.5, 0.6) is 11.5 Å². The molecule has 2 aromatic carbocycles. The molecule has 28 heavy (non-hydrogen) atoms. The molecule has 2 aromatic rings. The van der Waals surface area contributed by atoms with Gasteiger partial charge in [0.25, 0.3) is 5.91 Å². The normalized spacial score (nSPS) is 14.4. The Kier molecular flexibility index (Phi) is 5.25. The number of anilines is 1. The van der Waals surface area contributed by atoms with E-state index in [0.29, 0.717) is 16.9 Å². The molecule has 0 aromatic heterocycles. The lowest BCUT2D eigenvalue weighted by Crippen LogP contribution is -2.06. The Morgan fingerprint density at radius 3 is 2.68 bits per heavy atom. The molecular formula is C20H13ClF3NO3. The molecule has 0 unspecified atom stereocenters. The monoisotopic (exact) mass is 407 g/mol. The van der Waals surface area contributed by atoms with Gasteiger partial charge in [-0.2, -0.15) is 13.2 Å². The van der Waals surface area contributed by atoms with E-state index in [0.717, 1.165) is 12.1 Å². The number of fused-ring (bicyclic) bond motifs is 1. The van der Waals surface area contributed by atoms with Crippen LogP contribution in [-0.2, 0) is 11.0 Å². The molecule has 1 aliphatic rings. The molecule has 1 heterocycles. The van der Waals surface area contributed by atoms with Crippen LogP contribution in [0.15, 0.2) is 30.3 Å². The highest BCUT2D eigenvalue weighted by Gasteiger charge is 2.33. The zero-order valence-corrected chi connectivity index (χ0v) is 15.2. The first kappa shape index (κ1) is 19.6. The molecule has 1 aliphatic heterocycles. The largest absolute Gasteiger partial charge is 0.493 e. The molecular weight excluding hydrogens is 395 g/mol. The van der Waals surface area contributed by atoms with Gasteiger partial charge in [0.1, 0.15) is 6.61 Å². The van der Waals surface area contributed by atoms with Crippen LogP contribution in [0.2, 0.25) is 5.02 Å². The second-order valence-electron chi connectivity index (χ2n) is 5.80. The van der Waals surface area contributed by atoms with Crippen LogP contribution < -0.4 is 14.8 Å². The summed E-state index contributed by atoms with van der Waals surface area (Å²) in [5, 5.41) is 2.66. The van der Waals surface area contributed by atoms with Crippen molar-refractivity contribution < 1.29 is 27.4 Å². The number of nitrogens with one attached hydrogen (secondary N) is 1. The molecule has 1 amide bonds. The van der Waals surface area contributed by atoms with Crippen LogP contribution in [-0.4, -0.2) is 19.6 Å². The van der Waals surface area contributed by atoms with Gasteiger partial charge in [0.15, 0.2) is 11.5 Å². The molecule has 8 heteroatoms. The van der Waals surface area contributed by atoms with E-state index in [1.165, 1.54) is 25.3 Å². The summed E-state index contributed by atoms with van der Waals surface area (Å²) in [6.45, 7) is -0.00612. The maximum Gasteiger partial charge on any atom is 0.416 e. The maximum atomic E-state index is 12.9. The number of carbonyl (C=O) groups excluding carboxylic acids is 1. The van der Waals surface area contributed by atoms with Crippen molar-refractivity contribution in [1.82, 2.24) is 0 Å². The van der Waals surface area contributed by atoms with E-state index in [1.807, 2.05) is 0 Å². The number of carbonyl (C=O) groups is 1. The fourth-order valence-corrected chi connectivity index (χ4v) is 3.03. The predicted molar refractivity (Wildman–Crippen MR) is 100 cm³/mol. The SMILES string of the molecule is C#CCOc1c(Cl)cc(/C=C2\C(=O)Nc3cc(C(F)(F)F)ccc32)cc1OC. The van der Waals surface area contributed by atoms with Crippen LogP contribution in [0.1, 0.15) is 16.7 Å². The van der Waals surface area contributed by atoms with Crippen LogP contribution in [0.25, 0.3) is 11.6 Å². The Balaban J connectivity index is 2.02. The molecule has 0 saturated heterocycles. The van der Waals surface area contributed by atoms with Gasteiger partial charge >= 0.3 is 6.18 Å². The molecule has 0 aliphatic carbocycles. The Labute approximate surface area is 163 Å². The minimum atomic E-state index is -4.50. The van der Waals surface area contributed by atoms with Gasteiger partial charge < -0.3 is 14.8 Å². The van der Waals surface area contributed by atoms with Gasteiger partial charge in [-0.15, -0.1) is 6.42 Å². The third-order valence-electron chi connectivity index (χ3n) is 3.99. The second kappa shape index (κ2) is 7.49. The van der Waals surface area contributed by atoms with E-state index in [2.05, 4.69) is 11.2 Å². The van der Waals surface area contributed by atoms with Gasteiger partial charge in [-0.3, -0.25) is 4.79 Å². The lowest BCUT2D eigenvalue weighted by Gasteiger charge is -2.12. The molecule has 0 bridgehead atoms. The fourth-order valence-electron chi connectivity index (χ4n) is 2.76. The third kappa shape index (κ3) is 3.78. The lowest BCUT2D eigenvalue weighted by molar-refractivity contribution is -0.137. The van der Waals surface area contributed by atoms with Crippen molar-refractivity contribution in [3.05, 3.63) is 52.0 Å². The van der Waals surface area contributed by atoms with Crippen molar-refractivity contribution in [1.29, 1.82) is 0 Å². The highest BCUT2D eigenvalue weighted by Crippen LogP contribution is 2.40. The summed E-state index contributed by atoms with van der Waals surface area (Å²) in [4.78, 5) is 12.3. The highest BCUT2D eigenvalue weighted by molar-refractivity contribution is 6.35. The Bertz CT molecular complexity index is 1020. The van der Waals surface area contributed by atoms with Crippen LogP contribution >= 0.6 is 11.6 Å². The first-order valence-corrected chi connectivity index (χ1v) is 8.31. The van der Waals surface area contributed by atoms with E-state index >= 15 is 0 Å². The number of alkyl halides is 3. The topological polar surface area (TPSA) is 47.6 Å². The molecule has 0 saturated carbocycles. The van der Waals surface area contributed by atoms with E-state index in [1.54, 1.807) is 6.07 Å². The summed E-state index contributed by atoms with van der Waals surface area (Å²) >= 11 is 6.21. The first-order valence-electron chi connectivity index (χ1n) is 7.93. The number of methoxy groups -OCH3 is 1. The van der Waals surface area contributed by atoms with Crippen molar-refractivity contribution in [3.63, 3.8) is 0 Å². The van der Waals surface area contributed by atoms with Gasteiger partial charge in [0.05, 0.1) is 17.7 Å². The van der Waals surface area contributed by atoms with Crippen molar-refractivity contribution in [2.75, 3.05) is 19.0 Å². The summed E-state index contributed by atoms with van der Waals surface area (Å²) in [7, 11) is 1.42. The molecule has 0 atom stereocenters. The maximum absolute atomic E-state index is 12.9. The van der Waals surface area contributed by atoms with Gasteiger partial charge in [-0.05, 0) is 35.9 Å². The summed E-state index contributed by atoms with van der Waals surface area (Å²) in [5.41, 5.74) is 0.332. The number of hydrogen-bond donors (Lipinski definition) is 1. The molecule has 0 fully saturated rings. The number of hydrogen-bond acceptors (Lipinski definition) is 3. The third-order valence-corrected chi connectivity index (χ3v) is 4.27. The number of terminal acetylenes is 1. The Morgan fingerprint density at radius 1 is 1.29 bits per heavy atom. The van der Waals surface area contributed by atoms with Crippen LogP contribution in [0.3, 0.4) is 0 Å². The average molecular weight is 408 g/mol. The molecule has 4 nitrogen and oxygen atoms in total. The highest BCUT2D eigenvalue weighted by atomic mass is 35.5. The van der Waals surface area contributed by atoms with Crippen molar-refractivity contribution in [2.24, 2.45) is 0 Å². The second-order valence-corrected chi connectivity index (χ2v) is 6.20. The Morgan fingerprint density at radius 2 is 2.04 bits per heavy atom. The molecule has 0 radical (unpaired) electrons. The summed E-state index contributed by atoms with van der Waals surface area (Å²) in [6, 6.07) is 6.21. The number of ether oxygens (including phenoxy) is 2. The molecule has 0 spiro atoms. The predicted octanol–water partition coefficient (Wildman–Crippen LogP) is 4.87.